The highest BCUT2D eigenvalue weighted by Crippen LogP contribution is 2.07. The summed E-state index contributed by atoms with van der Waals surface area (Å²) in [5.41, 5.74) is 6.30. The summed E-state index contributed by atoms with van der Waals surface area (Å²) in [6, 6.07) is 1.63. The van der Waals surface area contributed by atoms with E-state index in [1.807, 2.05) is 11.9 Å². The second-order valence-corrected chi connectivity index (χ2v) is 4.90. The third kappa shape index (κ3) is 5.42. The van der Waals surface area contributed by atoms with Gasteiger partial charge in [0.2, 0.25) is 0 Å². The van der Waals surface area contributed by atoms with Crippen LogP contribution < -0.4 is 16.2 Å². The Kier molecular flexibility index (Phi) is 7.18. The van der Waals surface area contributed by atoms with E-state index in [1.54, 1.807) is 16.9 Å². The van der Waals surface area contributed by atoms with Gasteiger partial charge in [0.05, 0.1) is 11.9 Å². The van der Waals surface area contributed by atoms with E-state index in [4.69, 9.17) is 5.73 Å². The molecule has 2 N–H and O–H groups in total. The predicted molar refractivity (Wildman–Crippen MR) is 79.6 cm³/mol. The number of rotatable bonds is 9. The largest absolute Gasteiger partial charge is 0.372 e. The van der Waals surface area contributed by atoms with Crippen molar-refractivity contribution in [3.05, 3.63) is 22.6 Å². The molecule has 0 aliphatic rings. The first-order chi connectivity index (χ1) is 9.19. The van der Waals surface area contributed by atoms with Crippen LogP contribution >= 0.6 is 0 Å². The molecular weight excluding hydrogens is 240 g/mol. The van der Waals surface area contributed by atoms with Crippen molar-refractivity contribution in [2.24, 2.45) is 5.73 Å². The van der Waals surface area contributed by atoms with Crippen molar-refractivity contribution in [2.45, 2.75) is 45.6 Å². The van der Waals surface area contributed by atoms with Crippen LogP contribution in [0.15, 0.2) is 17.1 Å². The highest BCUT2D eigenvalue weighted by molar-refractivity contribution is 5.41. The van der Waals surface area contributed by atoms with Gasteiger partial charge in [0.1, 0.15) is 0 Å². The van der Waals surface area contributed by atoms with Crippen molar-refractivity contribution in [3.63, 3.8) is 0 Å². The van der Waals surface area contributed by atoms with Crippen LogP contribution in [0.1, 0.15) is 39.0 Å². The first kappa shape index (κ1) is 15.7. The first-order valence-electron chi connectivity index (χ1n) is 7.17. The van der Waals surface area contributed by atoms with E-state index < -0.39 is 0 Å². The van der Waals surface area contributed by atoms with Gasteiger partial charge in [-0.3, -0.25) is 4.79 Å². The van der Waals surface area contributed by atoms with Gasteiger partial charge in [-0.1, -0.05) is 32.6 Å². The van der Waals surface area contributed by atoms with Gasteiger partial charge in [-0.2, -0.15) is 5.10 Å². The number of anilines is 1. The molecule has 0 fully saturated rings. The second-order valence-electron chi connectivity index (χ2n) is 4.90. The number of aryl methyl sites for hydroxylation is 1. The van der Waals surface area contributed by atoms with Crippen LogP contribution in [0, 0.1) is 0 Å². The SMILES string of the molecule is CCCCCCCn1ncc(N(C)CCN)cc1=O. The van der Waals surface area contributed by atoms with Gasteiger partial charge in [0.15, 0.2) is 0 Å². The first-order valence-corrected chi connectivity index (χ1v) is 7.17. The number of likely N-dealkylation sites (N-methyl/N-ethyl adjacent to an activating group) is 1. The zero-order valence-corrected chi connectivity index (χ0v) is 12.1. The molecule has 0 bridgehead atoms. The minimum Gasteiger partial charge on any atom is -0.372 e. The normalized spacial score (nSPS) is 10.7. The smallest absolute Gasteiger partial charge is 0.268 e. The summed E-state index contributed by atoms with van der Waals surface area (Å²) in [6.45, 7) is 4.20. The maximum Gasteiger partial charge on any atom is 0.268 e. The quantitative estimate of drug-likeness (QED) is 0.690. The molecular formula is C14H26N4O. The average Bonchev–Trinajstić information content (AvgIpc) is 2.40. The van der Waals surface area contributed by atoms with Crippen LogP contribution in [0.5, 0.6) is 0 Å². The Bertz CT molecular complexity index is 416. The van der Waals surface area contributed by atoms with Crippen LogP contribution in [0.3, 0.4) is 0 Å². The molecule has 1 aromatic heterocycles. The Morgan fingerprint density at radius 3 is 2.68 bits per heavy atom. The maximum atomic E-state index is 11.9. The lowest BCUT2D eigenvalue weighted by Gasteiger charge is -2.17. The van der Waals surface area contributed by atoms with E-state index in [0.29, 0.717) is 13.1 Å². The van der Waals surface area contributed by atoms with Crippen molar-refractivity contribution in [3.8, 4) is 0 Å². The van der Waals surface area contributed by atoms with Gasteiger partial charge >= 0.3 is 0 Å². The molecule has 0 aromatic carbocycles. The van der Waals surface area contributed by atoms with E-state index in [0.717, 1.165) is 25.1 Å². The summed E-state index contributed by atoms with van der Waals surface area (Å²) < 4.78 is 1.55. The van der Waals surface area contributed by atoms with Gasteiger partial charge in [-0.25, -0.2) is 4.68 Å². The van der Waals surface area contributed by atoms with Crippen LogP contribution in [0.25, 0.3) is 0 Å². The van der Waals surface area contributed by atoms with Gasteiger partial charge in [-0.15, -0.1) is 0 Å². The Labute approximate surface area is 115 Å². The fraction of sp³-hybridized carbons (Fsp3) is 0.714. The topological polar surface area (TPSA) is 64.2 Å². The Morgan fingerprint density at radius 2 is 2.05 bits per heavy atom. The lowest BCUT2D eigenvalue weighted by atomic mass is 10.1. The Hall–Kier alpha value is -1.36. The van der Waals surface area contributed by atoms with E-state index in [-0.39, 0.29) is 5.56 Å². The predicted octanol–water partition coefficient (Wildman–Crippen LogP) is 1.61. The molecule has 1 aromatic rings. The number of hydrogen-bond donors (Lipinski definition) is 1. The second kappa shape index (κ2) is 8.69. The fourth-order valence-corrected chi connectivity index (χ4v) is 1.99. The molecule has 0 aliphatic heterocycles. The van der Waals surface area contributed by atoms with Crippen molar-refractivity contribution < 1.29 is 0 Å². The van der Waals surface area contributed by atoms with Crippen LogP contribution in [-0.2, 0) is 6.54 Å². The molecule has 0 radical (unpaired) electrons. The van der Waals surface area contributed by atoms with E-state index in [1.165, 1.54) is 19.3 Å². The molecule has 1 heterocycles. The van der Waals surface area contributed by atoms with Crippen LogP contribution in [-0.4, -0.2) is 29.9 Å². The van der Waals surface area contributed by atoms with Crippen LogP contribution in [0.4, 0.5) is 5.69 Å². The summed E-state index contributed by atoms with van der Waals surface area (Å²) >= 11 is 0. The molecule has 0 aliphatic carbocycles. The molecule has 0 amide bonds. The number of nitrogens with two attached hydrogens (primary N) is 1. The molecule has 5 nitrogen and oxygen atoms in total. The van der Waals surface area contributed by atoms with Gasteiger partial charge in [0.25, 0.3) is 5.56 Å². The summed E-state index contributed by atoms with van der Waals surface area (Å²) in [6.07, 6.45) is 7.67. The minimum atomic E-state index is -0.0307. The summed E-state index contributed by atoms with van der Waals surface area (Å²) in [5, 5.41) is 4.22. The highest BCUT2D eigenvalue weighted by atomic mass is 16.1. The lowest BCUT2D eigenvalue weighted by Crippen LogP contribution is -2.29. The van der Waals surface area contributed by atoms with Crippen LogP contribution in [0.2, 0.25) is 0 Å². The van der Waals surface area contributed by atoms with Gasteiger partial charge < -0.3 is 10.6 Å². The number of nitrogens with zero attached hydrogens (tertiary/aromatic N) is 3. The van der Waals surface area contributed by atoms with Crippen molar-refractivity contribution in [2.75, 3.05) is 25.0 Å². The fourth-order valence-electron chi connectivity index (χ4n) is 1.99. The molecule has 0 saturated heterocycles. The average molecular weight is 266 g/mol. The maximum absolute atomic E-state index is 11.9. The molecule has 0 saturated carbocycles. The molecule has 5 heteroatoms. The molecule has 0 atom stereocenters. The van der Waals surface area contributed by atoms with Crippen molar-refractivity contribution in [1.29, 1.82) is 0 Å². The molecule has 108 valence electrons. The Morgan fingerprint density at radius 1 is 1.32 bits per heavy atom. The summed E-state index contributed by atoms with van der Waals surface area (Å²) in [4.78, 5) is 13.9. The van der Waals surface area contributed by atoms with Gasteiger partial charge in [-0.05, 0) is 6.42 Å². The molecule has 19 heavy (non-hydrogen) atoms. The minimum absolute atomic E-state index is 0.0307. The number of hydrogen-bond acceptors (Lipinski definition) is 4. The summed E-state index contributed by atoms with van der Waals surface area (Å²) in [5.74, 6) is 0. The van der Waals surface area contributed by atoms with E-state index in [9.17, 15) is 4.79 Å². The summed E-state index contributed by atoms with van der Waals surface area (Å²) in [7, 11) is 1.92. The van der Waals surface area contributed by atoms with Gasteiger partial charge in [0, 0.05) is 32.7 Å². The zero-order valence-electron chi connectivity index (χ0n) is 12.1. The molecule has 0 unspecified atom stereocenters. The third-order valence-electron chi connectivity index (χ3n) is 3.23. The number of aromatic nitrogens is 2. The lowest BCUT2D eigenvalue weighted by molar-refractivity contribution is 0.513. The number of unbranched alkanes of at least 4 members (excludes halogenated alkanes) is 4. The standard InChI is InChI=1S/C14H26N4O/c1-3-4-5-6-7-9-18-14(19)11-13(12-16-18)17(2)10-8-15/h11-12H,3-10,15H2,1-2H3. The van der Waals surface area contributed by atoms with E-state index >= 15 is 0 Å². The zero-order chi connectivity index (χ0) is 14.1. The molecule has 1 rings (SSSR count). The van der Waals surface area contributed by atoms with Crippen molar-refractivity contribution in [1.82, 2.24) is 9.78 Å². The molecule has 0 spiro atoms. The van der Waals surface area contributed by atoms with E-state index in [2.05, 4.69) is 12.0 Å². The monoisotopic (exact) mass is 266 g/mol. The Balaban J connectivity index is 2.50. The highest BCUT2D eigenvalue weighted by Gasteiger charge is 2.03. The van der Waals surface area contributed by atoms with Crippen molar-refractivity contribution >= 4 is 5.69 Å². The third-order valence-corrected chi connectivity index (χ3v) is 3.23.